The highest BCUT2D eigenvalue weighted by molar-refractivity contribution is 7.92. The number of aldehydes is 1. The second kappa shape index (κ2) is 5.38. The number of nitrogens with zero attached hydrogens (tertiary/aromatic N) is 1. The number of aromatic nitrogens is 1. The van der Waals surface area contributed by atoms with Crippen LogP contribution < -0.4 is 4.72 Å². The molecule has 7 heteroatoms. The van der Waals surface area contributed by atoms with Gasteiger partial charge in [0.25, 0.3) is 10.0 Å². The van der Waals surface area contributed by atoms with Crippen LogP contribution in [0, 0.1) is 0 Å². The molecule has 0 fully saturated rings. The van der Waals surface area contributed by atoms with Gasteiger partial charge in [0.1, 0.15) is 0 Å². The molecule has 0 unspecified atom stereocenters. The molecule has 1 aromatic carbocycles. The lowest BCUT2D eigenvalue weighted by molar-refractivity contribution is 0.112. The predicted molar refractivity (Wildman–Crippen MR) is 71.9 cm³/mol. The van der Waals surface area contributed by atoms with E-state index in [2.05, 4.69) is 9.71 Å². The van der Waals surface area contributed by atoms with Crippen LogP contribution in [0.3, 0.4) is 0 Å². The zero-order chi connectivity index (χ0) is 13.9. The lowest BCUT2D eigenvalue weighted by Gasteiger charge is -2.09. The minimum atomic E-state index is -3.75. The summed E-state index contributed by atoms with van der Waals surface area (Å²) in [6, 6.07) is 9.15. The summed E-state index contributed by atoms with van der Waals surface area (Å²) < 4.78 is 26.4. The van der Waals surface area contributed by atoms with Gasteiger partial charge in [-0.15, -0.1) is 0 Å². The number of anilines is 1. The molecule has 2 aromatic rings. The molecule has 0 radical (unpaired) electrons. The van der Waals surface area contributed by atoms with Crippen LogP contribution in [0.15, 0.2) is 47.5 Å². The number of carbonyl (C=O) groups is 1. The number of sulfonamides is 1. The van der Waals surface area contributed by atoms with E-state index in [1.807, 2.05) is 0 Å². The molecular weight excluding hydrogens is 288 g/mol. The monoisotopic (exact) mass is 296 g/mol. The van der Waals surface area contributed by atoms with E-state index >= 15 is 0 Å². The van der Waals surface area contributed by atoms with E-state index in [-0.39, 0.29) is 21.3 Å². The molecule has 1 aromatic heterocycles. The molecule has 1 N–H and O–H groups in total. The van der Waals surface area contributed by atoms with Gasteiger partial charge in [-0.3, -0.25) is 9.52 Å². The second-order valence-electron chi connectivity index (χ2n) is 3.64. The van der Waals surface area contributed by atoms with E-state index in [9.17, 15) is 13.2 Å². The number of rotatable bonds is 4. The molecule has 0 bridgehead atoms. The Bertz CT molecular complexity index is 702. The minimum absolute atomic E-state index is 0.0230. The molecule has 0 spiro atoms. The van der Waals surface area contributed by atoms with Crippen LogP contribution in [0.5, 0.6) is 0 Å². The quantitative estimate of drug-likeness (QED) is 0.694. The van der Waals surface area contributed by atoms with Crippen LogP contribution in [0.1, 0.15) is 10.4 Å². The standard InChI is InChI=1S/C12H9ClN2O3S/c13-12-11(6-9(8-16)7-14-12)15-19(17,18)10-4-2-1-3-5-10/h1-8,15H. The Labute approximate surface area is 115 Å². The SMILES string of the molecule is O=Cc1cnc(Cl)c(NS(=O)(=O)c2ccccc2)c1. The van der Waals surface area contributed by atoms with Crippen LogP contribution in [-0.2, 0) is 10.0 Å². The van der Waals surface area contributed by atoms with Crippen molar-refractivity contribution in [1.29, 1.82) is 0 Å². The number of halogens is 1. The van der Waals surface area contributed by atoms with Gasteiger partial charge < -0.3 is 0 Å². The highest BCUT2D eigenvalue weighted by Gasteiger charge is 2.16. The van der Waals surface area contributed by atoms with Gasteiger partial charge in [-0.25, -0.2) is 13.4 Å². The third-order valence-corrected chi connectivity index (χ3v) is 3.98. The number of pyridine rings is 1. The van der Waals surface area contributed by atoms with Crippen LogP contribution in [0.25, 0.3) is 0 Å². The average Bonchev–Trinajstić information content (AvgIpc) is 2.42. The number of carbonyl (C=O) groups excluding carboxylic acids is 1. The molecule has 0 aliphatic heterocycles. The Balaban J connectivity index is 2.38. The van der Waals surface area contributed by atoms with E-state index in [1.165, 1.54) is 24.4 Å². The maximum Gasteiger partial charge on any atom is 0.261 e. The third-order valence-electron chi connectivity index (χ3n) is 2.29. The van der Waals surface area contributed by atoms with E-state index in [0.29, 0.717) is 6.29 Å². The topological polar surface area (TPSA) is 76.1 Å². The van der Waals surface area contributed by atoms with Crippen LogP contribution in [0.4, 0.5) is 5.69 Å². The van der Waals surface area contributed by atoms with Gasteiger partial charge in [0, 0.05) is 11.8 Å². The summed E-state index contributed by atoms with van der Waals surface area (Å²) in [5.41, 5.74) is 0.297. The van der Waals surface area contributed by atoms with Crippen molar-refractivity contribution in [3.8, 4) is 0 Å². The normalized spacial score (nSPS) is 11.0. The Morgan fingerprint density at radius 3 is 2.53 bits per heavy atom. The number of hydrogen-bond acceptors (Lipinski definition) is 4. The molecule has 19 heavy (non-hydrogen) atoms. The van der Waals surface area contributed by atoms with Crippen LogP contribution in [-0.4, -0.2) is 19.7 Å². The molecule has 0 atom stereocenters. The lowest BCUT2D eigenvalue weighted by atomic mass is 10.3. The molecule has 0 aliphatic rings. The lowest BCUT2D eigenvalue weighted by Crippen LogP contribution is -2.13. The fourth-order valence-corrected chi connectivity index (χ4v) is 2.69. The Morgan fingerprint density at radius 2 is 1.89 bits per heavy atom. The van der Waals surface area contributed by atoms with Crippen molar-refractivity contribution < 1.29 is 13.2 Å². The zero-order valence-corrected chi connectivity index (χ0v) is 11.1. The van der Waals surface area contributed by atoms with Crippen molar-refractivity contribution in [1.82, 2.24) is 4.98 Å². The van der Waals surface area contributed by atoms with E-state index in [4.69, 9.17) is 11.6 Å². The summed E-state index contributed by atoms with van der Waals surface area (Å²) in [5, 5.41) is -0.0230. The Hall–Kier alpha value is -1.92. The molecule has 0 saturated heterocycles. The van der Waals surface area contributed by atoms with E-state index in [1.54, 1.807) is 18.2 Å². The highest BCUT2D eigenvalue weighted by Crippen LogP contribution is 2.23. The van der Waals surface area contributed by atoms with E-state index < -0.39 is 10.0 Å². The maximum absolute atomic E-state index is 12.1. The summed E-state index contributed by atoms with van der Waals surface area (Å²) >= 11 is 5.79. The van der Waals surface area contributed by atoms with Crippen molar-refractivity contribution in [2.75, 3.05) is 4.72 Å². The summed E-state index contributed by atoms with van der Waals surface area (Å²) in [7, 11) is -3.75. The molecule has 1 heterocycles. The van der Waals surface area contributed by atoms with Crippen molar-refractivity contribution in [2.45, 2.75) is 4.90 Å². The second-order valence-corrected chi connectivity index (χ2v) is 5.68. The van der Waals surface area contributed by atoms with Crippen molar-refractivity contribution in [3.63, 3.8) is 0 Å². The summed E-state index contributed by atoms with van der Waals surface area (Å²) in [4.78, 5) is 14.5. The first-order chi connectivity index (χ1) is 9.03. The summed E-state index contributed by atoms with van der Waals surface area (Å²) in [6.45, 7) is 0. The molecule has 0 amide bonds. The molecule has 0 saturated carbocycles. The van der Waals surface area contributed by atoms with Gasteiger partial charge in [0.15, 0.2) is 11.4 Å². The van der Waals surface area contributed by atoms with Gasteiger partial charge in [0.2, 0.25) is 0 Å². The molecule has 5 nitrogen and oxygen atoms in total. The smallest absolute Gasteiger partial charge is 0.261 e. The van der Waals surface area contributed by atoms with Crippen LogP contribution >= 0.6 is 11.6 Å². The van der Waals surface area contributed by atoms with Gasteiger partial charge >= 0.3 is 0 Å². The Morgan fingerprint density at radius 1 is 1.21 bits per heavy atom. The zero-order valence-electron chi connectivity index (χ0n) is 9.58. The molecule has 2 rings (SSSR count). The maximum atomic E-state index is 12.1. The first-order valence-corrected chi connectivity index (χ1v) is 7.07. The first kappa shape index (κ1) is 13.5. The number of hydrogen-bond donors (Lipinski definition) is 1. The number of nitrogens with one attached hydrogen (secondary N) is 1. The van der Waals surface area contributed by atoms with Crippen LogP contribution in [0.2, 0.25) is 5.15 Å². The van der Waals surface area contributed by atoms with Gasteiger partial charge in [-0.05, 0) is 18.2 Å². The van der Waals surface area contributed by atoms with Crippen molar-refractivity contribution >= 4 is 33.6 Å². The number of benzene rings is 1. The summed E-state index contributed by atoms with van der Waals surface area (Å²) in [5.74, 6) is 0. The fourth-order valence-electron chi connectivity index (χ4n) is 1.40. The van der Waals surface area contributed by atoms with Crippen molar-refractivity contribution in [2.24, 2.45) is 0 Å². The fraction of sp³-hybridized carbons (Fsp3) is 0. The minimum Gasteiger partial charge on any atom is -0.298 e. The Kier molecular flexibility index (Phi) is 3.82. The third kappa shape index (κ3) is 3.10. The molecule has 98 valence electrons. The molecule has 0 aliphatic carbocycles. The van der Waals surface area contributed by atoms with Gasteiger partial charge in [-0.1, -0.05) is 29.8 Å². The predicted octanol–water partition coefficient (Wildman–Crippen LogP) is 2.35. The van der Waals surface area contributed by atoms with Gasteiger partial charge in [-0.2, -0.15) is 0 Å². The van der Waals surface area contributed by atoms with E-state index in [0.717, 1.165) is 0 Å². The largest absolute Gasteiger partial charge is 0.298 e. The van der Waals surface area contributed by atoms with Crippen molar-refractivity contribution in [3.05, 3.63) is 53.3 Å². The van der Waals surface area contributed by atoms with Gasteiger partial charge in [0.05, 0.1) is 10.6 Å². The summed E-state index contributed by atoms with van der Waals surface area (Å²) in [6.07, 6.45) is 1.82. The first-order valence-electron chi connectivity index (χ1n) is 5.21. The molecular formula is C12H9ClN2O3S. The highest BCUT2D eigenvalue weighted by atomic mass is 35.5. The average molecular weight is 297 g/mol.